The van der Waals surface area contributed by atoms with Crippen molar-refractivity contribution >= 4 is 50.0 Å². The Labute approximate surface area is 170 Å². The van der Waals surface area contributed by atoms with Crippen LogP contribution >= 0.6 is 27.3 Å². The van der Waals surface area contributed by atoms with Gasteiger partial charge < -0.3 is 9.88 Å². The molecule has 0 atom stereocenters. The number of halogens is 1. The summed E-state index contributed by atoms with van der Waals surface area (Å²) < 4.78 is 2.64. The number of carbonyl (C=O) groups excluding carboxylic acids is 1. The zero-order valence-electron chi connectivity index (χ0n) is 14.6. The maximum absolute atomic E-state index is 12.5. The van der Waals surface area contributed by atoms with E-state index >= 15 is 0 Å². The van der Waals surface area contributed by atoms with Gasteiger partial charge in [0.25, 0.3) is 5.56 Å². The summed E-state index contributed by atoms with van der Waals surface area (Å²) >= 11 is 4.87. The maximum atomic E-state index is 12.5. The number of thiophene rings is 1. The first kappa shape index (κ1) is 18.4. The van der Waals surface area contributed by atoms with Gasteiger partial charge in [-0.1, -0.05) is 12.1 Å². The van der Waals surface area contributed by atoms with Gasteiger partial charge in [0.05, 0.1) is 0 Å². The number of aromatic amines is 1. The van der Waals surface area contributed by atoms with Gasteiger partial charge in [0, 0.05) is 12.7 Å². The monoisotopic (exact) mass is 459 g/mol. The highest BCUT2D eigenvalue weighted by atomic mass is 79.9. The van der Waals surface area contributed by atoms with Gasteiger partial charge in [-0.3, -0.25) is 19.1 Å². The second kappa shape index (κ2) is 7.21. The van der Waals surface area contributed by atoms with Gasteiger partial charge in [-0.15, -0.1) is 0 Å². The molecular formula is C18H14BrN5O3S. The average Bonchev–Trinajstić information content (AvgIpc) is 3.29. The molecule has 0 aliphatic heterocycles. The highest BCUT2D eigenvalue weighted by molar-refractivity contribution is 9.10. The molecule has 0 fully saturated rings. The van der Waals surface area contributed by atoms with Crippen molar-refractivity contribution < 1.29 is 4.79 Å². The summed E-state index contributed by atoms with van der Waals surface area (Å²) in [4.78, 5) is 43.2. The predicted octanol–water partition coefficient (Wildman–Crippen LogP) is 2.55. The molecule has 8 nitrogen and oxygen atoms in total. The van der Waals surface area contributed by atoms with E-state index in [-0.39, 0.29) is 28.3 Å². The fraction of sp³-hybridized carbons (Fsp3) is 0.111. The quantitative estimate of drug-likeness (QED) is 0.457. The smallest absolute Gasteiger partial charge is 0.325 e. The molecule has 28 heavy (non-hydrogen) atoms. The van der Waals surface area contributed by atoms with Crippen LogP contribution in [0.25, 0.3) is 22.3 Å². The Balaban J connectivity index is 1.57. The van der Waals surface area contributed by atoms with E-state index in [1.54, 1.807) is 11.3 Å². The minimum absolute atomic E-state index is 0.132. The number of hydrogen-bond donors (Lipinski definition) is 2. The van der Waals surface area contributed by atoms with Gasteiger partial charge in [0.2, 0.25) is 5.91 Å². The lowest BCUT2D eigenvalue weighted by Gasteiger charge is -2.08. The normalized spacial score (nSPS) is 11.1. The number of anilines is 1. The summed E-state index contributed by atoms with van der Waals surface area (Å²) in [6, 6.07) is 9.54. The van der Waals surface area contributed by atoms with Crippen molar-refractivity contribution in [1.29, 1.82) is 0 Å². The average molecular weight is 460 g/mol. The molecule has 0 saturated heterocycles. The molecule has 2 N–H and O–H groups in total. The van der Waals surface area contributed by atoms with E-state index in [1.165, 1.54) is 11.6 Å². The van der Waals surface area contributed by atoms with Gasteiger partial charge in [0.15, 0.2) is 15.9 Å². The fourth-order valence-corrected chi connectivity index (χ4v) is 3.97. The number of amides is 1. The first-order chi connectivity index (χ1) is 13.4. The zero-order valence-corrected chi connectivity index (χ0v) is 17.0. The third kappa shape index (κ3) is 3.32. The summed E-state index contributed by atoms with van der Waals surface area (Å²) in [5.74, 6) is -0.323. The van der Waals surface area contributed by atoms with E-state index in [2.05, 4.69) is 36.6 Å². The van der Waals surface area contributed by atoms with Gasteiger partial charge in [-0.2, -0.15) is 11.3 Å². The predicted molar refractivity (Wildman–Crippen MR) is 112 cm³/mol. The third-order valence-electron chi connectivity index (χ3n) is 4.28. The largest absolute Gasteiger partial charge is 0.329 e. The maximum Gasteiger partial charge on any atom is 0.329 e. The molecule has 1 aromatic carbocycles. The Kier molecular flexibility index (Phi) is 4.73. The van der Waals surface area contributed by atoms with Crippen LogP contribution < -0.4 is 16.6 Å². The van der Waals surface area contributed by atoms with Crippen molar-refractivity contribution in [3.05, 3.63) is 66.7 Å². The van der Waals surface area contributed by atoms with Crippen molar-refractivity contribution in [1.82, 2.24) is 19.1 Å². The molecule has 0 radical (unpaired) electrons. The molecule has 4 aromatic rings. The van der Waals surface area contributed by atoms with Crippen LogP contribution in [0, 0.1) is 0 Å². The standard InChI is InChI=1S/C18H14BrN5O3S/c1-23-16(26)14-15(22-18(23)27)21-17(19)24(14)8-13(25)20-12-4-2-10(3-5-12)11-6-7-28-9-11/h2-7,9H,8H2,1H3,(H,20,25)(H,22,27). The van der Waals surface area contributed by atoms with Crippen LogP contribution in [-0.4, -0.2) is 25.0 Å². The van der Waals surface area contributed by atoms with Crippen molar-refractivity contribution in [2.75, 3.05) is 5.32 Å². The lowest BCUT2D eigenvalue weighted by molar-refractivity contribution is -0.116. The molecule has 0 unspecified atom stereocenters. The highest BCUT2D eigenvalue weighted by Crippen LogP contribution is 2.23. The molecule has 3 aromatic heterocycles. The topological polar surface area (TPSA) is 102 Å². The summed E-state index contributed by atoms with van der Waals surface area (Å²) in [5, 5.41) is 6.87. The Morgan fingerprint density at radius 3 is 2.64 bits per heavy atom. The molecule has 3 heterocycles. The number of H-pyrrole nitrogens is 1. The van der Waals surface area contributed by atoms with E-state index in [9.17, 15) is 14.4 Å². The van der Waals surface area contributed by atoms with Gasteiger partial charge in [0.1, 0.15) is 6.54 Å². The van der Waals surface area contributed by atoms with Crippen molar-refractivity contribution in [3.8, 4) is 11.1 Å². The van der Waals surface area contributed by atoms with Crippen LogP contribution in [-0.2, 0) is 18.4 Å². The summed E-state index contributed by atoms with van der Waals surface area (Å²) in [6.07, 6.45) is 0. The number of carbonyl (C=O) groups is 1. The molecule has 0 aliphatic carbocycles. The van der Waals surface area contributed by atoms with Crippen LogP contribution in [0.5, 0.6) is 0 Å². The summed E-state index contributed by atoms with van der Waals surface area (Å²) in [7, 11) is 1.36. The van der Waals surface area contributed by atoms with E-state index in [4.69, 9.17) is 0 Å². The molecular weight excluding hydrogens is 446 g/mol. The number of imidazole rings is 1. The van der Waals surface area contributed by atoms with Crippen LogP contribution in [0.1, 0.15) is 0 Å². The molecule has 4 rings (SSSR count). The molecule has 10 heteroatoms. The molecule has 0 spiro atoms. The highest BCUT2D eigenvalue weighted by Gasteiger charge is 2.17. The van der Waals surface area contributed by atoms with Crippen molar-refractivity contribution in [2.24, 2.45) is 7.05 Å². The number of fused-ring (bicyclic) bond motifs is 1. The third-order valence-corrected chi connectivity index (χ3v) is 5.57. The van der Waals surface area contributed by atoms with E-state index in [1.807, 2.05) is 35.7 Å². The van der Waals surface area contributed by atoms with Gasteiger partial charge >= 0.3 is 5.69 Å². The van der Waals surface area contributed by atoms with E-state index < -0.39 is 11.2 Å². The number of rotatable bonds is 4. The first-order valence-electron chi connectivity index (χ1n) is 8.21. The Hall–Kier alpha value is -2.98. The second-order valence-corrected chi connectivity index (χ2v) is 7.59. The number of nitrogens with zero attached hydrogens (tertiary/aromatic N) is 3. The minimum atomic E-state index is -0.565. The molecule has 1 amide bonds. The van der Waals surface area contributed by atoms with Crippen LogP contribution in [0.15, 0.2) is 55.4 Å². The molecule has 0 saturated carbocycles. The van der Waals surface area contributed by atoms with Crippen LogP contribution in [0.3, 0.4) is 0 Å². The summed E-state index contributed by atoms with van der Waals surface area (Å²) in [5.41, 5.74) is 2.03. The van der Waals surface area contributed by atoms with E-state index in [0.717, 1.165) is 15.7 Å². The first-order valence-corrected chi connectivity index (χ1v) is 9.95. The number of aromatic nitrogens is 4. The SMILES string of the molecule is Cn1c(=O)[nH]c2nc(Br)n(CC(=O)Nc3ccc(-c4ccsc4)cc3)c2c1=O. The van der Waals surface area contributed by atoms with Crippen molar-refractivity contribution in [3.63, 3.8) is 0 Å². The van der Waals surface area contributed by atoms with Crippen LogP contribution in [0.2, 0.25) is 0 Å². The van der Waals surface area contributed by atoms with Gasteiger partial charge in [-0.05, 0) is 56.0 Å². The number of nitrogens with one attached hydrogen (secondary N) is 2. The number of benzene rings is 1. The second-order valence-electron chi connectivity index (χ2n) is 6.10. The van der Waals surface area contributed by atoms with E-state index in [0.29, 0.717) is 5.69 Å². The Bertz CT molecular complexity index is 1290. The number of hydrogen-bond acceptors (Lipinski definition) is 5. The minimum Gasteiger partial charge on any atom is -0.325 e. The Morgan fingerprint density at radius 2 is 1.96 bits per heavy atom. The zero-order chi connectivity index (χ0) is 19.8. The summed E-state index contributed by atoms with van der Waals surface area (Å²) in [6.45, 7) is -0.134. The molecule has 0 aliphatic rings. The van der Waals surface area contributed by atoms with Gasteiger partial charge in [-0.25, -0.2) is 9.78 Å². The molecule has 0 bridgehead atoms. The lowest BCUT2D eigenvalue weighted by Crippen LogP contribution is -2.33. The van der Waals surface area contributed by atoms with Crippen molar-refractivity contribution in [2.45, 2.75) is 6.54 Å². The molecule has 142 valence electrons. The fourth-order valence-electron chi connectivity index (χ4n) is 2.83. The lowest BCUT2D eigenvalue weighted by atomic mass is 10.1. The Morgan fingerprint density at radius 1 is 1.21 bits per heavy atom. The van der Waals surface area contributed by atoms with Crippen LogP contribution in [0.4, 0.5) is 5.69 Å².